The Kier molecular flexibility index (Phi) is 3.76. The van der Waals surface area contributed by atoms with Crippen LogP contribution >= 0.6 is 0 Å². The SMILES string of the molecule is CC1COCc2c3ccccc3nn21.CNC. The van der Waals surface area contributed by atoms with E-state index in [9.17, 15) is 0 Å². The maximum absolute atomic E-state index is 5.51. The highest BCUT2D eigenvalue weighted by atomic mass is 16.5. The predicted octanol–water partition coefficient (Wildman–Crippen LogP) is 1.96. The number of fused-ring (bicyclic) bond motifs is 3. The van der Waals surface area contributed by atoms with E-state index in [-0.39, 0.29) is 0 Å². The minimum atomic E-state index is 0.353. The summed E-state index contributed by atoms with van der Waals surface area (Å²) in [7, 11) is 3.75. The lowest BCUT2D eigenvalue weighted by Crippen LogP contribution is -2.21. The highest BCUT2D eigenvalue weighted by molar-refractivity contribution is 5.81. The fraction of sp³-hybridized carbons (Fsp3) is 0.462. The molecule has 0 radical (unpaired) electrons. The van der Waals surface area contributed by atoms with Gasteiger partial charge in [-0.15, -0.1) is 0 Å². The Hall–Kier alpha value is -1.39. The molecule has 1 aromatic carbocycles. The molecular formula is C13H19N3O. The molecule has 1 N–H and O–H groups in total. The number of benzene rings is 1. The van der Waals surface area contributed by atoms with Gasteiger partial charge in [0.25, 0.3) is 0 Å². The maximum atomic E-state index is 5.51. The number of rotatable bonds is 0. The Morgan fingerprint density at radius 2 is 2.06 bits per heavy atom. The van der Waals surface area contributed by atoms with Crippen LogP contribution in [0.5, 0.6) is 0 Å². The van der Waals surface area contributed by atoms with Gasteiger partial charge in [-0.1, -0.05) is 18.2 Å². The fourth-order valence-corrected chi connectivity index (χ4v) is 2.01. The van der Waals surface area contributed by atoms with Gasteiger partial charge in [0.2, 0.25) is 0 Å². The molecule has 0 aliphatic carbocycles. The standard InChI is InChI=1S/C11H12N2O.C2H7N/c1-8-6-14-7-11-9-4-2-3-5-10(9)12-13(8)11;1-3-2/h2-5,8H,6-7H2,1H3;3H,1-2H3. The van der Waals surface area contributed by atoms with Gasteiger partial charge >= 0.3 is 0 Å². The maximum Gasteiger partial charge on any atom is 0.0927 e. The minimum Gasteiger partial charge on any atom is -0.373 e. The summed E-state index contributed by atoms with van der Waals surface area (Å²) in [6.45, 7) is 3.58. The summed E-state index contributed by atoms with van der Waals surface area (Å²) >= 11 is 0. The van der Waals surface area contributed by atoms with Crippen molar-refractivity contribution in [2.45, 2.75) is 19.6 Å². The van der Waals surface area contributed by atoms with Gasteiger partial charge in [0.1, 0.15) is 0 Å². The summed E-state index contributed by atoms with van der Waals surface area (Å²) in [6, 6.07) is 8.58. The first-order valence-electron chi connectivity index (χ1n) is 5.90. The van der Waals surface area contributed by atoms with Crippen LogP contribution in [0.4, 0.5) is 0 Å². The summed E-state index contributed by atoms with van der Waals surface area (Å²) in [4.78, 5) is 0. The quantitative estimate of drug-likeness (QED) is 0.756. The molecule has 2 aromatic rings. The molecule has 0 fully saturated rings. The zero-order valence-electron chi connectivity index (χ0n) is 10.6. The molecule has 2 heterocycles. The average molecular weight is 233 g/mol. The third kappa shape index (κ3) is 2.33. The zero-order chi connectivity index (χ0) is 12.3. The summed E-state index contributed by atoms with van der Waals surface area (Å²) in [5.74, 6) is 0. The van der Waals surface area contributed by atoms with Crippen molar-refractivity contribution in [1.29, 1.82) is 0 Å². The first kappa shape index (κ1) is 12.1. The van der Waals surface area contributed by atoms with Crippen molar-refractivity contribution in [3.63, 3.8) is 0 Å². The Morgan fingerprint density at radius 3 is 2.82 bits per heavy atom. The number of aromatic nitrogens is 2. The third-order valence-corrected chi connectivity index (χ3v) is 2.72. The van der Waals surface area contributed by atoms with Gasteiger partial charge in [0.15, 0.2) is 0 Å². The molecule has 0 amide bonds. The number of hydrogen-bond donors (Lipinski definition) is 1. The lowest BCUT2D eigenvalue weighted by atomic mass is 10.2. The van der Waals surface area contributed by atoms with Crippen LogP contribution in [-0.4, -0.2) is 30.5 Å². The van der Waals surface area contributed by atoms with Crippen molar-refractivity contribution in [3.05, 3.63) is 30.0 Å². The molecule has 3 rings (SSSR count). The Balaban J connectivity index is 0.000000329. The lowest BCUT2D eigenvalue weighted by Gasteiger charge is -2.21. The molecule has 0 saturated carbocycles. The largest absolute Gasteiger partial charge is 0.373 e. The van der Waals surface area contributed by atoms with E-state index < -0.39 is 0 Å². The van der Waals surface area contributed by atoms with E-state index in [1.807, 2.05) is 32.3 Å². The van der Waals surface area contributed by atoms with E-state index >= 15 is 0 Å². The molecule has 1 aliphatic rings. The normalized spacial score (nSPS) is 18.4. The molecule has 0 saturated heterocycles. The van der Waals surface area contributed by atoms with E-state index in [1.165, 1.54) is 11.1 Å². The highest BCUT2D eigenvalue weighted by Crippen LogP contribution is 2.25. The number of hydrogen-bond acceptors (Lipinski definition) is 3. The van der Waals surface area contributed by atoms with Gasteiger partial charge in [0.05, 0.1) is 30.5 Å². The Labute approximate surface area is 102 Å². The van der Waals surface area contributed by atoms with Crippen LogP contribution in [0.2, 0.25) is 0 Å². The highest BCUT2D eigenvalue weighted by Gasteiger charge is 2.19. The summed E-state index contributed by atoms with van der Waals surface area (Å²) in [5, 5.41) is 8.54. The Bertz CT molecular complexity index is 492. The van der Waals surface area contributed by atoms with E-state index in [4.69, 9.17) is 4.74 Å². The summed E-state index contributed by atoms with van der Waals surface area (Å²) in [5.41, 5.74) is 2.28. The second kappa shape index (κ2) is 5.29. The molecule has 1 aromatic heterocycles. The van der Waals surface area contributed by atoms with Gasteiger partial charge in [-0.3, -0.25) is 4.68 Å². The van der Waals surface area contributed by atoms with Crippen LogP contribution in [0.25, 0.3) is 10.9 Å². The second-order valence-electron chi connectivity index (χ2n) is 4.27. The van der Waals surface area contributed by atoms with Crippen molar-refractivity contribution >= 4 is 10.9 Å². The van der Waals surface area contributed by atoms with E-state index in [0.29, 0.717) is 12.6 Å². The Morgan fingerprint density at radius 1 is 1.35 bits per heavy atom. The first-order valence-corrected chi connectivity index (χ1v) is 5.90. The van der Waals surface area contributed by atoms with E-state index in [1.54, 1.807) is 0 Å². The van der Waals surface area contributed by atoms with Crippen LogP contribution in [0.1, 0.15) is 18.7 Å². The molecule has 4 heteroatoms. The smallest absolute Gasteiger partial charge is 0.0927 e. The fourth-order valence-electron chi connectivity index (χ4n) is 2.01. The van der Waals surface area contributed by atoms with Crippen molar-refractivity contribution in [1.82, 2.24) is 15.1 Å². The van der Waals surface area contributed by atoms with Crippen LogP contribution in [0.3, 0.4) is 0 Å². The molecule has 1 atom stereocenters. The molecule has 0 bridgehead atoms. The number of nitrogens with zero attached hydrogens (tertiary/aromatic N) is 2. The number of ether oxygens (including phenoxy) is 1. The lowest BCUT2D eigenvalue weighted by molar-refractivity contribution is 0.0587. The molecule has 1 unspecified atom stereocenters. The van der Waals surface area contributed by atoms with Crippen LogP contribution < -0.4 is 5.32 Å². The zero-order valence-corrected chi connectivity index (χ0v) is 10.6. The minimum absolute atomic E-state index is 0.353. The first-order chi connectivity index (χ1) is 8.27. The van der Waals surface area contributed by atoms with Crippen molar-refractivity contribution in [3.8, 4) is 0 Å². The van der Waals surface area contributed by atoms with Crippen LogP contribution in [-0.2, 0) is 11.3 Å². The number of nitrogens with one attached hydrogen (secondary N) is 1. The summed E-state index contributed by atoms with van der Waals surface area (Å²) in [6.07, 6.45) is 0. The molecule has 0 spiro atoms. The summed E-state index contributed by atoms with van der Waals surface area (Å²) < 4.78 is 7.61. The van der Waals surface area contributed by atoms with Gasteiger partial charge < -0.3 is 10.1 Å². The van der Waals surface area contributed by atoms with Crippen molar-refractivity contribution in [2.75, 3.05) is 20.7 Å². The van der Waals surface area contributed by atoms with Crippen LogP contribution in [0.15, 0.2) is 24.3 Å². The molecular weight excluding hydrogens is 214 g/mol. The van der Waals surface area contributed by atoms with Gasteiger partial charge in [0, 0.05) is 5.39 Å². The van der Waals surface area contributed by atoms with E-state index in [0.717, 1.165) is 12.1 Å². The topological polar surface area (TPSA) is 39.1 Å². The van der Waals surface area contributed by atoms with Gasteiger partial charge in [-0.25, -0.2) is 0 Å². The van der Waals surface area contributed by atoms with Crippen molar-refractivity contribution in [2.24, 2.45) is 0 Å². The van der Waals surface area contributed by atoms with Crippen LogP contribution in [0, 0.1) is 0 Å². The third-order valence-electron chi connectivity index (χ3n) is 2.72. The molecule has 92 valence electrons. The van der Waals surface area contributed by atoms with Gasteiger partial charge in [-0.05, 0) is 27.1 Å². The molecule has 17 heavy (non-hydrogen) atoms. The molecule has 4 nitrogen and oxygen atoms in total. The monoisotopic (exact) mass is 233 g/mol. The average Bonchev–Trinajstić information content (AvgIpc) is 2.71. The predicted molar refractivity (Wildman–Crippen MR) is 69.1 cm³/mol. The second-order valence-corrected chi connectivity index (χ2v) is 4.27. The molecule has 1 aliphatic heterocycles. The van der Waals surface area contributed by atoms with Gasteiger partial charge in [-0.2, -0.15) is 5.10 Å². The van der Waals surface area contributed by atoms with Crippen molar-refractivity contribution < 1.29 is 4.74 Å². The van der Waals surface area contributed by atoms with E-state index in [2.05, 4.69) is 28.1 Å².